The van der Waals surface area contributed by atoms with E-state index in [1.54, 1.807) is 0 Å². The largest absolute Gasteiger partial charge is 0.369 e. The molecule has 2 aromatic rings. The molecule has 1 amide bonds. The number of carbonyl (C=O) groups is 1. The molecule has 5 nitrogen and oxygen atoms in total. The Balaban J connectivity index is 1.48. The van der Waals surface area contributed by atoms with Gasteiger partial charge < -0.3 is 10.2 Å². The Morgan fingerprint density at radius 1 is 1.00 bits per heavy atom. The topological polar surface area (TPSA) is 48.5 Å². The van der Waals surface area contributed by atoms with Crippen LogP contribution in [-0.4, -0.2) is 42.0 Å². The van der Waals surface area contributed by atoms with Gasteiger partial charge in [-0.25, -0.2) is 0 Å². The molecule has 1 atom stereocenters. The Hall–Kier alpha value is -2.40. The van der Waals surface area contributed by atoms with E-state index in [4.69, 9.17) is 0 Å². The molecule has 0 radical (unpaired) electrons. The van der Waals surface area contributed by atoms with Gasteiger partial charge in [-0.3, -0.25) is 14.7 Å². The first-order valence-corrected chi connectivity index (χ1v) is 7.62. The van der Waals surface area contributed by atoms with Crippen LogP contribution in [-0.2, 0) is 0 Å². The van der Waals surface area contributed by atoms with Crippen LogP contribution in [0.15, 0.2) is 48.8 Å². The summed E-state index contributed by atoms with van der Waals surface area (Å²) in [7, 11) is 0. The van der Waals surface area contributed by atoms with Crippen LogP contribution >= 0.6 is 0 Å². The highest BCUT2D eigenvalue weighted by atomic mass is 16.2. The fraction of sp³-hybridized carbons (Fsp3) is 0.294. The lowest BCUT2D eigenvalue weighted by Gasteiger charge is -2.39. The first-order valence-electron chi connectivity index (χ1n) is 7.62. The van der Waals surface area contributed by atoms with Crippen LogP contribution in [0.3, 0.4) is 0 Å². The normalized spacial score (nSPS) is 21.5. The molecule has 2 aliphatic rings. The second-order valence-corrected chi connectivity index (χ2v) is 5.69. The van der Waals surface area contributed by atoms with Gasteiger partial charge in [-0.15, -0.1) is 0 Å². The molecule has 0 spiro atoms. The van der Waals surface area contributed by atoms with Crippen molar-refractivity contribution in [3.05, 3.63) is 59.9 Å². The summed E-state index contributed by atoms with van der Waals surface area (Å²) in [6, 6.07) is 12.0. The molecule has 1 fully saturated rings. The van der Waals surface area contributed by atoms with Crippen molar-refractivity contribution in [1.82, 2.24) is 15.2 Å². The maximum absolute atomic E-state index is 12.0. The highest BCUT2D eigenvalue weighted by molar-refractivity contribution is 5.99. The highest BCUT2D eigenvalue weighted by Gasteiger charge is 2.33. The molecule has 1 saturated heterocycles. The van der Waals surface area contributed by atoms with Crippen LogP contribution in [0, 0.1) is 0 Å². The number of amides is 1. The Morgan fingerprint density at radius 2 is 1.73 bits per heavy atom. The zero-order chi connectivity index (χ0) is 14.9. The number of hydrogen-bond donors (Lipinski definition) is 1. The number of fused-ring (bicyclic) bond motifs is 1. The van der Waals surface area contributed by atoms with Crippen molar-refractivity contribution in [2.75, 3.05) is 31.1 Å². The van der Waals surface area contributed by atoms with E-state index in [1.165, 1.54) is 5.69 Å². The third-order valence-electron chi connectivity index (χ3n) is 4.48. The van der Waals surface area contributed by atoms with Gasteiger partial charge in [0.2, 0.25) is 0 Å². The number of nitrogens with zero attached hydrogens (tertiary/aromatic N) is 3. The van der Waals surface area contributed by atoms with Crippen molar-refractivity contribution in [1.29, 1.82) is 0 Å². The fourth-order valence-electron chi connectivity index (χ4n) is 3.30. The summed E-state index contributed by atoms with van der Waals surface area (Å²) in [6.45, 7) is 3.78. The summed E-state index contributed by atoms with van der Waals surface area (Å²) < 4.78 is 0. The minimum Gasteiger partial charge on any atom is -0.369 e. The lowest BCUT2D eigenvalue weighted by Crippen LogP contribution is -2.50. The van der Waals surface area contributed by atoms with Gasteiger partial charge in [-0.05, 0) is 18.2 Å². The van der Waals surface area contributed by atoms with Crippen molar-refractivity contribution in [2.45, 2.75) is 6.17 Å². The SMILES string of the molecule is O=C1NC(N2CCN(c3ccncc3)CC2)c2ccccc21. The lowest BCUT2D eigenvalue weighted by atomic mass is 10.1. The first-order chi connectivity index (χ1) is 10.8. The molecule has 112 valence electrons. The molecule has 5 heteroatoms. The van der Waals surface area contributed by atoms with Crippen LogP contribution in [0.5, 0.6) is 0 Å². The Morgan fingerprint density at radius 3 is 2.50 bits per heavy atom. The summed E-state index contributed by atoms with van der Waals surface area (Å²) in [5.41, 5.74) is 3.12. The molecular formula is C17H18N4O. The van der Waals surface area contributed by atoms with Gasteiger partial charge in [0.25, 0.3) is 5.91 Å². The van der Waals surface area contributed by atoms with Crippen LogP contribution < -0.4 is 10.2 Å². The predicted octanol–water partition coefficient (Wildman–Crippen LogP) is 1.65. The molecule has 1 unspecified atom stereocenters. The smallest absolute Gasteiger partial charge is 0.253 e. The molecule has 3 heterocycles. The third kappa shape index (κ3) is 2.23. The maximum Gasteiger partial charge on any atom is 0.253 e. The average molecular weight is 294 g/mol. The average Bonchev–Trinajstić information content (AvgIpc) is 2.93. The molecule has 0 bridgehead atoms. The molecule has 1 aromatic heterocycles. The van der Waals surface area contributed by atoms with Gasteiger partial charge in [-0.1, -0.05) is 18.2 Å². The third-order valence-corrected chi connectivity index (χ3v) is 4.48. The van der Waals surface area contributed by atoms with Crippen LogP contribution in [0.4, 0.5) is 5.69 Å². The van der Waals surface area contributed by atoms with E-state index in [1.807, 2.05) is 48.8 Å². The number of hydrogen-bond acceptors (Lipinski definition) is 4. The predicted molar refractivity (Wildman–Crippen MR) is 84.7 cm³/mol. The Labute approximate surface area is 129 Å². The number of benzene rings is 1. The molecule has 4 rings (SSSR count). The number of pyridine rings is 1. The van der Waals surface area contributed by atoms with Crippen molar-refractivity contribution >= 4 is 11.6 Å². The standard InChI is InChI=1S/C17H18N4O/c22-17-15-4-2-1-3-14(15)16(19-17)21-11-9-20(10-12-21)13-5-7-18-8-6-13/h1-8,16H,9-12H2,(H,19,22). The van der Waals surface area contributed by atoms with E-state index in [9.17, 15) is 4.79 Å². The second kappa shape index (κ2) is 5.42. The van der Waals surface area contributed by atoms with Gasteiger partial charge >= 0.3 is 0 Å². The van der Waals surface area contributed by atoms with Crippen molar-refractivity contribution < 1.29 is 4.79 Å². The molecule has 1 aromatic carbocycles. The van der Waals surface area contributed by atoms with Gasteiger partial charge in [0.15, 0.2) is 0 Å². The van der Waals surface area contributed by atoms with Crippen LogP contribution in [0.1, 0.15) is 22.1 Å². The summed E-state index contributed by atoms with van der Waals surface area (Å²) in [4.78, 5) is 20.8. The van der Waals surface area contributed by atoms with Gasteiger partial charge in [0.05, 0.1) is 0 Å². The summed E-state index contributed by atoms with van der Waals surface area (Å²) >= 11 is 0. The minimum atomic E-state index is 0.0169. The zero-order valence-electron chi connectivity index (χ0n) is 12.3. The second-order valence-electron chi connectivity index (χ2n) is 5.69. The quantitative estimate of drug-likeness (QED) is 0.915. The van der Waals surface area contributed by atoms with Gasteiger partial charge in [-0.2, -0.15) is 0 Å². The minimum absolute atomic E-state index is 0.0169. The van der Waals surface area contributed by atoms with E-state index in [2.05, 4.69) is 20.1 Å². The van der Waals surface area contributed by atoms with E-state index >= 15 is 0 Å². The van der Waals surface area contributed by atoms with Crippen molar-refractivity contribution in [3.8, 4) is 0 Å². The van der Waals surface area contributed by atoms with E-state index in [0.717, 1.165) is 37.3 Å². The fourth-order valence-corrected chi connectivity index (χ4v) is 3.30. The molecule has 0 saturated carbocycles. The Bertz CT molecular complexity index is 680. The number of piperazine rings is 1. The van der Waals surface area contributed by atoms with E-state index in [0.29, 0.717) is 0 Å². The molecule has 1 N–H and O–H groups in total. The molecular weight excluding hydrogens is 276 g/mol. The monoisotopic (exact) mass is 294 g/mol. The van der Waals surface area contributed by atoms with Crippen molar-refractivity contribution in [3.63, 3.8) is 0 Å². The molecule has 22 heavy (non-hydrogen) atoms. The van der Waals surface area contributed by atoms with Gasteiger partial charge in [0, 0.05) is 55.4 Å². The van der Waals surface area contributed by atoms with Crippen LogP contribution in [0.2, 0.25) is 0 Å². The molecule has 0 aliphatic carbocycles. The first kappa shape index (κ1) is 13.3. The number of rotatable bonds is 2. The lowest BCUT2D eigenvalue weighted by molar-refractivity contribution is 0.0887. The van der Waals surface area contributed by atoms with E-state index in [-0.39, 0.29) is 12.1 Å². The maximum atomic E-state index is 12.0. The highest BCUT2D eigenvalue weighted by Crippen LogP contribution is 2.29. The summed E-state index contributed by atoms with van der Waals surface area (Å²) in [5, 5.41) is 3.10. The summed E-state index contributed by atoms with van der Waals surface area (Å²) in [6.07, 6.45) is 3.67. The molecule has 2 aliphatic heterocycles. The zero-order valence-corrected chi connectivity index (χ0v) is 12.3. The number of aromatic nitrogens is 1. The Kier molecular flexibility index (Phi) is 3.27. The number of anilines is 1. The number of nitrogens with one attached hydrogen (secondary N) is 1. The number of carbonyl (C=O) groups excluding carboxylic acids is 1. The van der Waals surface area contributed by atoms with E-state index < -0.39 is 0 Å². The summed E-state index contributed by atoms with van der Waals surface area (Å²) in [5.74, 6) is 0.0390. The van der Waals surface area contributed by atoms with Gasteiger partial charge in [0.1, 0.15) is 6.17 Å². The van der Waals surface area contributed by atoms with Crippen molar-refractivity contribution in [2.24, 2.45) is 0 Å². The van der Waals surface area contributed by atoms with Crippen LogP contribution in [0.25, 0.3) is 0 Å².